The zero-order valence-electron chi connectivity index (χ0n) is 31.3. The summed E-state index contributed by atoms with van der Waals surface area (Å²) in [4.78, 5) is 28.2. The van der Waals surface area contributed by atoms with E-state index in [1.165, 1.54) is 10.6 Å². The van der Waals surface area contributed by atoms with Crippen molar-refractivity contribution < 1.29 is 19.1 Å². The second kappa shape index (κ2) is 15.3. The molecule has 268 valence electrons. The molecule has 4 aromatic rings. The van der Waals surface area contributed by atoms with Gasteiger partial charge in [0.15, 0.2) is 6.10 Å². The fourth-order valence-corrected chi connectivity index (χ4v) is 6.03. The number of benzene rings is 4. The molecule has 8 heteroatoms. The molecule has 0 saturated heterocycles. The molecule has 0 fully saturated rings. The van der Waals surface area contributed by atoms with E-state index >= 15 is 0 Å². The number of aryl methyl sites for hydroxylation is 2. The van der Waals surface area contributed by atoms with Crippen molar-refractivity contribution >= 4 is 40.5 Å². The van der Waals surface area contributed by atoms with Gasteiger partial charge in [0.1, 0.15) is 17.2 Å². The topological polar surface area (TPSA) is 80.2 Å². The second-order valence-corrected chi connectivity index (χ2v) is 15.1. The highest BCUT2D eigenvalue weighted by Crippen LogP contribution is 2.39. The maximum absolute atomic E-state index is 14.2. The van der Waals surface area contributed by atoms with Crippen molar-refractivity contribution in [1.82, 2.24) is 0 Å². The molecule has 0 radical (unpaired) electrons. The molecule has 1 aliphatic rings. The van der Waals surface area contributed by atoms with Crippen molar-refractivity contribution in [2.24, 2.45) is 5.10 Å². The highest BCUT2D eigenvalue weighted by atomic mass is 35.5. The number of hydrogen-bond donors (Lipinski definition) is 1. The van der Waals surface area contributed by atoms with Crippen molar-refractivity contribution in [3.63, 3.8) is 0 Å². The van der Waals surface area contributed by atoms with Gasteiger partial charge in [-0.2, -0.15) is 10.1 Å². The molecule has 1 aliphatic heterocycles. The zero-order chi connectivity index (χ0) is 37.1. The summed E-state index contributed by atoms with van der Waals surface area (Å²) in [5, 5.41) is 9.77. The van der Waals surface area contributed by atoms with Gasteiger partial charge in [-0.15, -0.1) is 0 Å². The third-order valence-corrected chi connectivity index (χ3v) is 10.4. The molecular weight excluding hydrogens is 658 g/mol. The number of carbonyl (C=O) groups is 2. The fourth-order valence-electron chi connectivity index (χ4n) is 5.90. The predicted molar refractivity (Wildman–Crippen MR) is 209 cm³/mol. The molecule has 2 unspecified atom stereocenters. The van der Waals surface area contributed by atoms with Crippen LogP contribution in [0.2, 0.25) is 5.02 Å². The zero-order valence-corrected chi connectivity index (χ0v) is 32.0. The Morgan fingerprint density at radius 2 is 1.51 bits per heavy atom. The molecule has 0 spiro atoms. The molecule has 2 amide bonds. The van der Waals surface area contributed by atoms with Gasteiger partial charge in [0.05, 0.1) is 11.4 Å². The first-order chi connectivity index (χ1) is 24.2. The standard InChI is InChI=1S/C43H50ClN3O4/c1-10-36(51-37-24-18-30(42(6,7)11-2)26-33(37)43(8,9)12-3)40(48)45-34-25-28(5)15-23-35(34)47-41(49)39(50-32-21-13-27(4)14-22-32)38(46-47)29-16-19-31(44)20-17-29/h13-26,36,39H,10-12H2,1-9H3,(H,45,48). The number of ether oxygens (including phenoxy) is 2. The Hall–Kier alpha value is -4.62. The number of amides is 2. The molecule has 1 N–H and O–H groups in total. The van der Waals surface area contributed by atoms with Crippen molar-refractivity contribution in [2.45, 2.75) is 105 Å². The van der Waals surface area contributed by atoms with E-state index in [1.807, 2.05) is 75.4 Å². The van der Waals surface area contributed by atoms with Crippen LogP contribution in [-0.4, -0.2) is 29.7 Å². The second-order valence-electron chi connectivity index (χ2n) is 14.7. The Bertz CT molecular complexity index is 1910. The summed E-state index contributed by atoms with van der Waals surface area (Å²) in [6, 6.07) is 26.5. The summed E-state index contributed by atoms with van der Waals surface area (Å²) in [7, 11) is 0. The van der Waals surface area contributed by atoms with E-state index in [4.69, 9.17) is 26.2 Å². The lowest BCUT2D eigenvalue weighted by Gasteiger charge is -2.31. The van der Waals surface area contributed by atoms with Crippen molar-refractivity contribution in [3.8, 4) is 11.5 Å². The molecule has 4 aromatic carbocycles. The molecule has 0 saturated carbocycles. The van der Waals surface area contributed by atoms with Gasteiger partial charge in [0, 0.05) is 16.1 Å². The molecule has 0 bridgehead atoms. The van der Waals surface area contributed by atoms with E-state index in [0.29, 0.717) is 45.6 Å². The summed E-state index contributed by atoms with van der Waals surface area (Å²) in [5.41, 5.74) is 6.15. The number of carbonyl (C=O) groups excluding carboxylic acids is 2. The predicted octanol–water partition coefficient (Wildman–Crippen LogP) is 10.3. The quantitative estimate of drug-likeness (QED) is 0.150. The maximum atomic E-state index is 14.2. The van der Waals surface area contributed by atoms with Gasteiger partial charge in [0.25, 0.3) is 11.8 Å². The van der Waals surface area contributed by atoms with Crippen LogP contribution in [-0.2, 0) is 20.4 Å². The minimum atomic E-state index is -1.02. The van der Waals surface area contributed by atoms with Gasteiger partial charge in [-0.3, -0.25) is 9.59 Å². The van der Waals surface area contributed by atoms with E-state index < -0.39 is 12.2 Å². The minimum absolute atomic E-state index is 0.00724. The third-order valence-electron chi connectivity index (χ3n) is 10.1. The Morgan fingerprint density at radius 1 is 0.863 bits per heavy atom. The molecule has 7 nitrogen and oxygen atoms in total. The van der Waals surface area contributed by atoms with Gasteiger partial charge in [0.2, 0.25) is 6.10 Å². The minimum Gasteiger partial charge on any atom is -0.480 e. The highest BCUT2D eigenvalue weighted by Gasteiger charge is 2.41. The van der Waals surface area contributed by atoms with Crippen LogP contribution >= 0.6 is 11.6 Å². The first kappa shape index (κ1) is 37.6. The molecule has 0 aliphatic carbocycles. The van der Waals surface area contributed by atoms with Crippen LogP contribution in [0.4, 0.5) is 11.4 Å². The Balaban J connectivity index is 1.47. The van der Waals surface area contributed by atoms with Gasteiger partial charge in [-0.1, -0.05) is 108 Å². The number of anilines is 2. The Labute approximate surface area is 308 Å². The van der Waals surface area contributed by atoms with Gasteiger partial charge < -0.3 is 14.8 Å². The number of nitrogens with zero attached hydrogens (tertiary/aromatic N) is 2. The lowest BCUT2D eigenvalue weighted by Crippen LogP contribution is -2.37. The molecule has 2 atom stereocenters. The molecule has 1 heterocycles. The van der Waals surface area contributed by atoms with Crippen molar-refractivity contribution in [3.05, 3.63) is 118 Å². The van der Waals surface area contributed by atoms with E-state index in [9.17, 15) is 9.59 Å². The first-order valence-corrected chi connectivity index (χ1v) is 18.2. The Kier molecular flexibility index (Phi) is 11.3. The van der Waals surface area contributed by atoms with E-state index in [-0.39, 0.29) is 22.6 Å². The Morgan fingerprint density at radius 3 is 2.14 bits per heavy atom. The van der Waals surface area contributed by atoms with Crippen LogP contribution in [0.15, 0.2) is 90.0 Å². The number of hydrazone groups is 1. The van der Waals surface area contributed by atoms with E-state index in [1.54, 1.807) is 18.2 Å². The largest absolute Gasteiger partial charge is 0.480 e. The van der Waals surface area contributed by atoms with Gasteiger partial charge >= 0.3 is 0 Å². The van der Waals surface area contributed by atoms with Crippen LogP contribution < -0.4 is 19.8 Å². The number of hydrogen-bond acceptors (Lipinski definition) is 5. The average Bonchev–Trinajstić information content (AvgIpc) is 3.43. The summed E-state index contributed by atoms with van der Waals surface area (Å²) in [6.45, 7) is 19.1. The van der Waals surface area contributed by atoms with E-state index in [0.717, 1.165) is 29.5 Å². The lowest BCUT2D eigenvalue weighted by molar-refractivity contribution is -0.123. The van der Waals surface area contributed by atoms with Gasteiger partial charge in [-0.05, 0) is 97.5 Å². The van der Waals surface area contributed by atoms with Crippen LogP contribution in [0.5, 0.6) is 11.5 Å². The van der Waals surface area contributed by atoms with Crippen molar-refractivity contribution in [1.29, 1.82) is 0 Å². The summed E-state index contributed by atoms with van der Waals surface area (Å²) < 4.78 is 12.8. The SMILES string of the molecule is CCC(Oc1ccc(C(C)(C)CC)cc1C(C)(C)CC)C(=O)Nc1cc(C)ccc1N1N=C(c2ccc(Cl)cc2)C(Oc2ccc(C)cc2)C1=O. The monoisotopic (exact) mass is 707 g/mol. The normalized spacial score (nSPS) is 15.4. The van der Waals surface area contributed by atoms with Crippen LogP contribution in [0, 0.1) is 13.8 Å². The van der Waals surface area contributed by atoms with Gasteiger partial charge in [-0.25, -0.2) is 0 Å². The third kappa shape index (κ3) is 8.31. The molecule has 5 rings (SSSR count). The average molecular weight is 708 g/mol. The summed E-state index contributed by atoms with van der Waals surface area (Å²) in [6.07, 6.45) is 0.546. The summed E-state index contributed by atoms with van der Waals surface area (Å²) in [5.74, 6) is 0.542. The summed E-state index contributed by atoms with van der Waals surface area (Å²) >= 11 is 6.20. The highest BCUT2D eigenvalue weighted by molar-refractivity contribution is 6.31. The van der Waals surface area contributed by atoms with Crippen LogP contribution in [0.1, 0.15) is 95.5 Å². The number of halogens is 1. The lowest BCUT2D eigenvalue weighted by atomic mass is 9.76. The molecule has 0 aromatic heterocycles. The first-order valence-electron chi connectivity index (χ1n) is 17.8. The van der Waals surface area contributed by atoms with Crippen LogP contribution in [0.3, 0.4) is 0 Å². The van der Waals surface area contributed by atoms with Crippen molar-refractivity contribution in [2.75, 3.05) is 10.3 Å². The number of nitrogens with one attached hydrogen (secondary N) is 1. The maximum Gasteiger partial charge on any atom is 0.294 e. The smallest absolute Gasteiger partial charge is 0.294 e. The molecular formula is C43H50ClN3O4. The number of rotatable bonds is 13. The molecule has 51 heavy (non-hydrogen) atoms. The van der Waals surface area contributed by atoms with Crippen LogP contribution in [0.25, 0.3) is 0 Å². The fraction of sp³-hybridized carbons (Fsp3) is 0.372. The van der Waals surface area contributed by atoms with E-state index in [2.05, 4.69) is 59.0 Å².